The van der Waals surface area contributed by atoms with Crippen molar-refractivity contribution in [3.8, 4) is 0 Å². The van der Waals surface area contributed by atoms with Crippen LogP contribution < -0.4 is 10.6 Å². The molecule has 2 N–H and O–H groups in total. The first-order valence-electron chi connectivity index (χ1n) is 9.77. The molecule has 0 aliphatic heterocycles. The van der Waals surface area contributed by atoms with Crippen molar-refractivity contribution in [2.45, 2.75) is 44.9 Å². The fourth-order valence-electron chi connectivity index (χ4n) is 6.04. The molecule has 0 heterocycles. The van der Waals surface area contributed by atoms with E-state index in [1.807, 2.05) is 0 Å². The molecule has 23 heavy (non-hydrogen) atoms. The summed E-state index contributed by atoms with van der Waals surface area (Å²) in [5.74, 6) is 3.23. The summed E-state index contributed by atoms with van der Waals surface area (Å²) >= 11 is 0. The Kier molecular flexibility index (Phi) is 4.73. The molecule has 2 heteroatoms. The van der Waals surface area contributed by atoms with Gasteiger partial charge in [-0.25, -0.2) is 0 Å². The Balaban J connectivity index is 1.12. The van der Waals surface area contributed by atoms with Gasteiger partial charge in [0.1, 0.15) is 0 Å². The molecule has 4 bridgehead atoms. The molecule has 0 atom stereocenters. The van der Waals surface area contributed by atoms with E-state index >= 15 is 0 Å². The highest BCUT2D eigenvalue weighted by atomic mass is 14.9. The fraction of sp³-hybridized carbons (Fsp3) is 0.714. The van der Waals surface area contributed by atoms with Crippen LogP contribution >= 0.6 is 0 Å². The maximum atomic E-state index is 3.78. The highest BCUT2D eigenvalue weighted by Crippen LogP contribution is 2.59. The summed E-state index contributed by atoms with van der Waals surface area (Å²) in [6, 6.07) is 10.8. The molecule has 0 amide bonds. The second-order valence-electron chi connectivity index (χ2n) is 8.58. The van der Waals surface area contributed by atoms with Crippen molar-refractivity contribution in [3.05, 3.63) is 35.9 Å². The van der Waals surface area contributed by atoms with E-state index in [-0.39, 0.29) is 0 Å². The van der Waals surface area contributed by atoms with Crippen molar-refractivity contribution >= 4 is 0 Å². The molecule has 0 aromatic heterocycles. The molecule has 2 nitrogen and oxygen atoms in total. The van der Waals surface area contributed by atoms with Crippen molar-refractivity contribution < 1.29 is 0 Å². The molecule has 4 fully saturated rings. The quantitative estimate of drug-likeness (QED) is 0.716. The molecule has 0 spiro atoms. The summed E-state index contributed by atoms with van der Waals surface area (Å²) in [7, 11) is 0. The van der Waals surface area contributed by atoms with E-state index in [1.54, 1.807) is 19.3 Å². The largest absolute Gasteiger partial charge is 0.315 e. The normalized spacial score (nSPS) is 34.9. The van der Waals surface area contributed by atoms with Crippen molar-refractivity contribution in [3.63, 3.8) is 0 Å². The van der Waals surface area contributed by atoms with E-state index in [1.165, 1.54) is 31.4 Å². The summed E-state index contributed by atoms with van der Waals surface area (Å²) in [6.07, 6.45) is 10.4. The highest BCUT2D eigenvalue weighted by molar-refractivity contribution is 5.14. The lowest BCUT2D eigenvalue weighted by molar-refractivity contribution is -0.0511. The predicted molar refractivity (Wildman–Crippen MR) is 96.5 cm³/mol. The van der Waals surface area contributed by atoms with E-state index in [4.69, 9.17) is 0 Å². The smallest absolute Gasteiger partial charge is 0.00769 e. The Morgan fingerprint density at radius 1 is 0.783 bits per heavy atom. The summed E-state index contributed by atoms with van der Waals surface area (Å²) in [5.41, 5.74) is 2.11. The maximum Gasteiger partial charge on any atom is 0.00769 e. The minimum atomic E-state index is 0.679. The van der Waals surface area contributed by atoms with E-state index in [0.29, 0.717) is 5.41 Å². The Morgan fingerprint density at radius 3 is 2.04 bits per heavy atom. The first kappa shape index (κ1) is 15.7. The fourth-order valence-corrected chi connectivity index (χ4v) is 6.04. The van der Waals surface area contributed by atoms with Crippen LogP contribution in [-0.2, 0) is 6.42 Å². The molecule has 1 aromatic carbocycles. The summed E-state index contributed by atoms with van der Waals surface area (Å²) in [4.78, 5) is 0. The minimum absolute atomic E-state index is 0.679. The van der Waals surface area contributed by atoms with Gasteiger partial charge in [-0.05, 0) is 80.2 Å². The molecule has 126 valence electrons. The standard InChI is InChI=1S/C21H32N2/c1-2-4-17(5-3-1)6-7-22-8-9-23-16-21-13-18-10-19(14-21)12-20(11-18)15-21/h1-5,18-20,22-23H,6-16H2. The van der Waals surface area contributed by atoms with E-state index in [0.717, 1.165) is 43.8 Å². The van der Waals surface area contributed by atoms with Crippen LogP contribution in [0, 0.1) is 23.2 Å². The Labute approximate surface area is 141 Å². The van der Waals surface area contributed by atoms with Crippen LogP contribution in [0.1, 0.15) is 44.1 Å². The predicted octanol–water partition coefficient (Wildman–Crippen LogP) is 3.62. The van der Waals surface area contributed by atoms with Gasteiger partial charge < -0.3 is 10.6 Å². The van der Waals surface area contributed by atoms with Crippen molar-refractivity contribution in [1.29, 1.82) is 0 Å². The van der Waals surface area contributed by atoms with E-state index in [9.17, 15) is 0 Å². The Morgan fingerprint density at radius 2 is 1.39 bits per heavy atom. The topological polar surface area (TPSA) is 24.1 Å². The van der Waals surface area contributed by atoms with Crippen LogP contribution in [0.3, 0.4) is 0 Å². The summed E-state index contributed by atoms with van der Waals surface area (Å²) < 4.78 is 0. The molecular formula is C21H32N2. The summed E-state index contributed by atoms with van der Waals surface area (Å²) in [6.45, 7) is 4.58. The molecule has 5 rings (SSSR count). The molecule has 4 aliphatic rings. The van der Waals surface area contributed by atoms with Crippen LogP contribution in [-0.4, -0.2) is 26.2 Å². The van der Waals surface area contributed by atoms with Gasteiger partial charge in [-0.1, -0.05) is 30.3 Å². The van der Waals surface area contributed by atoms with Crippen LogP contribution in [0.2, 0.25) is 0 Å². The number of rotatable bonds is 8. The van der Waals surface area contributed by atoms with Crippen molar-refractivity contribution in [1.82, 2.24) is 10.6 Å². The number of nitrogens with one attached hydrogen (secondary N) is 2. The average Bonchev–Trinajstić information content (AvgIpc) is 2.53. The van der Waals surface area contributed by atoms with Gasteiger partial charge in [0, 0.05) is 19.6 Å². The highest BCUT2D eigenvalue weighted by Gasteiger charge is 2.50. The Bertz CT molecular complexity index is 461. The molecule has 0 saturated heterocycles. The van der Waals surface area contributed by atoms with Gasteiger partial charge in [0.2, 0.25) is 0 Å². The number of hydrogen-bond donors (Lipinski definition) is 2. The molecule has 0 radical (unpaired) electrons. The van der Waals surface area contributed by atoms with E-state index < -0.39 is 0 Å². The zero-order valence-corrected chi connectivity index (χ0v) is 14.4. The second kappa shape index (κ2) is 6.94. The first-order chi connectivity index (χ1) is 11.3. The zero-order chi connectivity index (χ0) is 15.5. The zero-order valence-electron chi connectivity index (χ0n) is 14.4. The lowest BCUT2D eigenvalue weighted by Crippen LogP contribution is -2.50. The van der Waals surface area contributed by atoms with Crippen molar-refractivity contribution in [2.75, 3.05) is 26.2 Å². The lowest BCUT2D eigenvalue weighted by atomic mass is 9.49. The third-order valence-corrected chi connectivity index (χ3v) is 6.58. The van der Waals surface area contributed by atoms with Gasteiger partial charge in [0.25, 0.3) is 0 Å². The van der Waals surface area contributed by atoms with E-state index in [2.05, 4.69) is 41.0 Å². The molecular weight excluding hydrogens is 280 g/mol. The SMILES string of the molecule is c1ccc(CCNCCNCC23CC4CC(CC(C4)C2)C3)cc1. The minimum Gasteiger partial charge on any atom is -0.315 e. The monoisotopic (exact) mass is 312 g/mol. The van der Waals surface area contributed by atoms with Gasteiger partial charge in [-0.2, -0.15) is 0 Å². The molecule has 4 aliphatic carbocycles. The molecule has 0 unspecified atom stereocenters. The Hall–Kier alpha value is -0.860. The molecule has 4 saturated carbocycles. The van der Waals surface area contributed by atoms with Gasteiger partial charge in [-0.3, -0.25) is 0 Å². The third-order valence-electron chi connectivity index (χ3n) is 6.58. The van der Waals surface area contributed by atoms with Crippen LogP contribution in [0.15, 0.2) is 30.3 Å². The van der Waals surface area contributed by atoms with Gasteiger partial charge in [-0.15, -0.1) is 0 Å². The van der Waals surface area contributed by atoms with Crippen LogP contribution in [0.25, 0.3) is 0 Å². The van der Waals surface area contributed by atoms with Crippen LogP contribution in [0.5, 0.6) is 0 Å². The average molecular weight is 313 g/mol. The van der Waals surface area contributed by atoms with Gasteiger partial charge in [0.15, 0.2) is 0 Å². The summed E-state index contributed by atoms with van der Waals surface area (Å²) in [5, 5.41) is 7.36. The second-order valence-corrected chi connectivity index (χ2v) is 8.58. The van der Waals surface area contributed by atoms with Crippen molar-refractivity contribution in [2.24, 2.45) is 23.2 Å². The maximum absolute atomic E-state index is 3.78. The lowest BCUT2D eigenvalue weighted by Gasteiger charge is -2.57. The third kappa shape index (κ3) is 3.80. The first-order valence-corrected chi connectivity index (χ1v) is 9.77. The van der Waals surface area contributed by atoms with Gasteiger partial charge in [0.05, 0.1) is 0 Å². The number of benzene rings is 1. The molecule has 1 aromatic rings. The number of hydrogen-bond acceptors (Lipinski definition) is 2. The van der Waals surface area contributed by atoms with Gasteiger partial charge >= 0.3 is 0 Å². The van der Waals surface area contributed by atoms with Crippen LogP contribution in [0.4, 0.5) is 0 Å².